The Labute approximate surface area is 160 Å². The summed E-state index contributed by atoms with van der Waals surface area (Å²) >= 11 is 6.24. The standard InChI is InChI=1S/C19H24ClN3O2S/c1-4-21-19(23(2)14-16-7-5-6-8-18(16)20)22-13-15-9-11-17(12-10-15)26(3,24)25/h5-12H,4,13-14H2,1-3H3,(H,21,22). The van der Waals surface area contributed by atoms with Crippen molar-refractivity contribution in [2.45, 2.75) is 24.9 Å². The molecule has 140 valence electrons. The van der Waals surface area contributed by atoms with Crippen LogP contribution >= 0.6 is 11.6 Å². The molecule has 26 heavy (non-hydrogen) atoms. The van der Waals surface area contributed by atoms with E-state index in [-0.39, 0.29) is 0 Å². The first-order valence-corrected chi connectivity index (χ1v) is 10.6. The van der Waals surface area contributed by atoms with Gasteiger partial charge < -0.3 is 10.2 Å². The van der Waals surface area contributed by atoms with Crippen molar-refractivity contribution in [1.29, 1.82) is 0 Å². The summed E-state index contributed by atoms with van der Waals surface area (Å²) in [5.41, 5.74) is 1.97. The van der Waals surface area contributed by atoms with E-state index >= 15 is 0 Å². The van der Waals surface area contributed by atoms with Gasteiger partial charge in [-0.15, -0.1) is 0 Å². The fraction of sp³-hybridized carbons (Fsp3) is 0.316. The van der Waals surface area contributed by atoms with Crippen molar-refractivity contribution in [1.82, 2.24) is 10.2 Å². The van der Waals surface area contributed by atoms with Crippen molar-refractivity contribution in [3.8, 4) is 0 Å². The number of hydrogen-bond acceptors (Lipinski definition) is 3. The van der Waals surface area contributed by atoms with Gasteiger partial charge in [0.25, 0.3) is 0 Å². The van der Waals surface area contributed by atoms with Gasteiger partial charge in [-0.25, -0.2) is 13.4 Å². The number of sulfone groups is 1. The van der Waals surface area contributed by atoms with Crippen LogP contribution in [0, 0.1) is 0 Å². The third kappa shape index (κ3) is 5.75. The number of nitrogens with one attached hydrogen (secondary N) is 1. The fourth-order valence-electron chi connectivity index (χ4n) is 2.43. The predicted molar refractivity (Wildman–Crippen MR) is 107 cm³/mol. The molecule has 0 saturated heterocycles. The molecule has 0 fully saturated rings. The van der Waals surface area contributed by atoms with Gasteiger partial charge in [0.1, 0.15) is 0 Å². The van der Waals surface area contributed by atoms with Gasteiger partial charge in [-0.2, -0.15) is 0 Å². The number of halogens is 1. The molecule has 0 radical (unpaired) electrons. The minimum absolute atomic E-state index is 0.313. The summed E-state index contributed by atoms with van der Waals surface area (Å²) in [5.74, 6) is 0.764. The van der Waals surface area contributed by atoms with Gasteiger partial charge in [0.05, 0.1) is 11.4 Å². The minimum Gasteiger partial charge on any atom is -0.357 e. The monoisotopic (exact) mass is 393 g/mol. The zero-order valence-corrected chi connectivity index (χ0v) is 16.8. The maximum absolute atomic E-state index is 11.5. The van der Waals surface area contributed by atoms with Crippen LogP contribution in [0.15, 0.2) is 58.4 Å². The molecule has 2 rings (SSSR count). The average Bonchev–Trinajstić information content (AvgIpc) is 2.60. The summed E-state index contributed by atoms with van der Waals surface area (Å²) in [6.45, 7) is 3.86. The topological polar surface area (TPSA) is 61.8 Å². The van der Waals surface area contributed by atoms with E-state index in [1.165, 1.54) is 6.26 Å². The first kappa shape index (κ1) is 20.3. The van der Waals surface area contributed by atoms with E-state index in [9.17, 15) is 8.42 Å². The van der Waals surface area contributed by atoms with E-state index in [0.717, 1.165) is 28.7 Å². The first-order chi connectivity index (χ1) is 12.3. The molecule has 2 aromatic rings. The van der Waals surface area contributed by atoms with E-state index in [0.29, 0.717) is 18.0 Å². The summed E-state index contributed by atoms with van der Waals surface area (Å²) in [6.07, 6.45) is 1.20. The molecule has 0 bridgehead atoms. The summed E-state index contributed by atoms with van der Waals surface area (Å²) in [7, 11) is -1.22. The van der Waals surface area contributed by atoms with Crippen LogP contribution in [-0.4, -0.2) is 39.1 Å². The van der Waals surface area contributed by atoms with Crippen molar-refractivity contribution in [3.05, 3.63) is 64.7 Å². The van der Waals surface area contributed by atoms with Crippen LogP contribution in [0.2, 0.25) is 5.02 Å². The minimum atomic E-state index is -3.18. The first-order valence-electron chi connectivity index (χ1n) is 8.33. The Morgan fingerprint density at radius 1 is 1.15 bits per heavy atom. The van der Waals surface area contributed by atoms with Gasteiger partial charge in [0.15, 0.2) is 15.8 Å². The van der Waals surface area contributed by atoms with Crippen LogP contribution in [0.25, 0.3) is 0 Å². The lowest BCUT2D eigenvalue weighted by atomic mass is 10.2. The van der Waals surface area contributed by atoms with E-state index in [1.807, 2.05) is 43.1 Å². The van der Waals surface area contributed by atoms with Crippen LogP contribution in [0.4, 0.5) is 0 Å². The number of benzene rings is 2. The largest absolute Gasteiger partial charge is 0.357 e. The smallest absolute Gasteiger partial charge is 0.194 e. The molecule has 2 aromatic carbocycles. The van der Waals surface area contributed by atoms with Crippen molar-refractivity contribution >= 4 is 27.4 Å². The maximum atomic E-state index is 11.5. The molecule has 0 atom stereocenters. The summed E-state index contributed by atoms with van der Waals surface area (Å²) in [4.78, 5) is 6.96. The highest BCUT2D eigenvalue weighted by Crippen LogP contribution is 2.16. The van der Waals surface area contributed by atoms with Crippen LogP contribution in [-0.2, 0) is 22.9 Å². The highest BCUT2D eigenvalue weighted by atomic mass is 35.5. The Kier molecular flexibility index (Phi) is 7.06. The van der Waals surface area contributed by atoms with Gasteiger partial charge in [0.2, 0.25) is 0 Å². The van der Waals surface area contributed by atoms with Crippen LogP contribution < -0.4 is 5.32 Å². The Morgan fingerprint density at radius 2 is 1.81 bits per heavy atom. The van der Waals surface area contributed by atoms with E-state index in [2.05, 4.69) is 10.3 Å². The molecule has 0 saturated carbocycles. The molecule has 0 heterocycles. The van der Waals surface area contributed by atoms with Crippen molar-refractivity contribution in [2.75, 3.05) is 19.8 Å². The summed E-state index contributed by atoms with van der Waals surface area (Å²) in [6, 6.07) is 14.5. The normalized spacial score (nSPS) is 12.1. The molecular formula is C19H24ClN3O2S. The second-order valence-corrected chi connectivity index (χ2v) is 8.46. The van der Waals surface area contributed by atoms with E-state index in [4.69, 9.17) is 11.6 Å². The number of aliphatic imine (C=N–C) groups is 1. The molecule has 5 nitrogen and oxygen atoms in total. The molecule has 0 aromatic heterocycles. The van der Waals surface area contributed by atoms with Gasteiger partial charge >= 0.3 is 0 Å². The molecule has 0 spiro atoms. The second-order valence-electron chi connectivity index (χ2n) is 6.03. The molecule has 0 aliphatic heterocycles. The third-order valence-corrected chi connectivity index (χ3v) is 5.32. The molecule has 0 aliphatic rings. The van der Waals surface area contributed by atoms with Crippen molar-refractivity contribution in [3.63, 3.8) is 0 Å². The Hall–Kier alpha value is -2.05. The Morgan fingerprint density at radius 3 is 2.38 bits per heavy atom. The number of nitrogens with zero attached hydrogens (tertiary/aromatic N) is 2. The lowest BCUT2D eigenvalue weighted by Crippen LogP contribution is -2.38. The molecule has 1 N–H and O–H groups in total. The van der Waals surface area contributed by atoms with Crippen LogP contribution in [0.3, 0.4) is 0 Å². The van der Waals surface area contributed by atoms with E-state index in [1.54, 1.807) is 24.3 Å². The molecule has 7 heteroatoms. The SMILES string of the molecule is CCNC(=NCc1ccc(S(C)(=O)=O)cc1)N(C)Cc1ccccc1Cl. The number of hydrogen-bond donors (Lipinski definition) is 1. The molecule has 0 amide bonds. The van der Waals surface area contributed by atoms with Crippen molar-refractivity contribution in [2.24, 2.45) is 4.99 Å². The highest BCUT2D eigenvalue weighted by Gasteiger charge is 2.09. The highest BCUT2D eigenvalue weighted by molar-refractivity contribution is 7.90. The van der Waals surface area contributed by atoms with Crippen LogP contribution in [0.5, 0.6) is 0 Å². The average molecular weight is 394 g/mol. The summed E-state index contributed by atoms with van der Waals surface area (Å²) < 4.78 is 23.1. The van der Waals surface area contributed by atoms with Gasteiger partial charge in [-0.3, -0.25) is 0 Å². The Balaban J connectivity index is 2.11. The van der Waals surface area contributed by atoms with Gasteiger partial charge in [-0.1, -0.05) is 41.9 Å². The van der Waals surface area contributed by atoms with Crippen molar-refractivity contribution < 1.29 is 8.42 Å². The fourth-order valence-corrected chi connectivity index (χ4v) is 3.26. The maximum Gasteiger partial charge on any atom is 0.194 e. The number of guanidine groups is 1. The van der Waals surface area contributed by atoms with Gasteiger partial charge in [-0.05, 0) is 36.2 Å². The third-order valence-electron chi connectivity index (χ3n) is 3.82. The Bertz CT molecular complexity index is 865. The predicted octanol–water partition coefficient (Wildman–Crippen LogP) is 3.34. The molecule has 0 unspecified atom stereocenters. The molecular weight excluding hydrogens is 370 g/mol. The second kappa shape index (κ2) is 9.05. The van der Waals surface area contributed by atoms with E-state index < -0.39 is 9.84 Å². The molecule has 0 aliphatic carbocycles. The summed E-state index contributed by atoms with van der Waals surface area (Å²) in [5, 5.41) is 3.99. The zero-order chi connectivity index (χ0) is 19.2. The zero-order valence-electron chi connectivity index (χ0n) is 15.2. The quantitative estimate of drug-likeness (QED) is 0.604. The van der Waals surface area contributed by atoms with Gasteiger partial charge in [0, 0.05) is 31.4 Å². The lowest BCUT2D eigenvalue weighted by Gasteiger charge is -2.22. The lowest BCUT2D eigenvalue weighted by molar-refractivity contribution is 0.477. The number of rotatable bonds is 6. The van der Waals surface area contributed by atoms with Crippen LogP contribution in [0.1, 0.15) is 18.1 Å².